The molecule has 148 valence electrons. The summed E-state index contributed by atoms with van der Waals surface area (Å²) in [6, 6.07) is 20.6. The number of amides is 2. The Labute approximate surface area is 174 Å². The minimum atomic E-state index is -0.365. The topological polar surface area (TPSA) is 71.3 Å². The van der Waals surface area contributed by atoms with Crippen molar-refractivity contribution in [2.45, 2.75) is 11.8 Å². The zero-order valence-electron chi connectivity index (χ0n) is 16.1. The molecule has 0 radical (unpaired) electrons. The molecule has 1 aromatic heterocycles. The van der Waals surface area contributed by atoms with E-state index in [0.29, 0.717) is 17.9 Å². The Kier molecular flexibility index (Phi) is 7.30. The van der Waals surface area contributed by atoms with Gasteiger partial charge in [-0.25, -0.2) is 0 Å². The number of hydrogen-bond donors (Lipinski definition) is 2. The second-order valence-electron chi connectivity index (χ2n) is 6.31. The lowest BCUT2D eigenvalue weighted by Gasteiger charge is -2.11. The lowest BCUT2D eigenvalue weighted by atomic mass is 10.1. The highest BCUT2D eigenvalue weighted by Gasteiger charge is 2.15. The Balaban J connectivity index is 1.63. The average Bonchev–Trinajstić information content (AvgIpc) is 3.24. The number of aryl methyl sites for hydroxylation is 1. The van der Waals surface area contributed by atoms with Crippen LogP contribution < -0.4 is 10.6 Å². The van der Waals surface area contributed by atoms with Crippen LogP contribution in [0.4, 0.5) is 0 Å². The number of rotatable bonds is 8. The van der Waals surface area contributed by atoms with Crippen LogP contribution in [0.5, 0.6) is 0 Å². The molecule has 2 amide bonds. The van der Waals surface area contributed by atoms with Crippen LogP contribution in [0.1, 0.15) is 21.7 Å². The lowest BCUT2D eigenvalue weighted by Crippen LogP contribution is -2.35. The van der Waals surface area contributed by atoms with E-state index < -0.39 is 0 Å². The van der Waals surface area contributed by atoms with Crippen LogP contribution in [0, 0.1) is 6.92 Å². The smallest absolute Gasteiger partial charge is 0.267 e. The molecule has 3 rings (SSSR count). The van der Waals surface area contributed by atoms with Gasteiger partial charge < -0.3 is 15.1 Å². The van der Waals surface area contributed by atoms with Crippen LogP contribution in [-0.2, 0) is 4.79 Å². The van der Waals surface area contributed by atoms with Crippen molar-refractivity contribution in [1.29, 1.82) is 0 Å². The van der Waals surface area contributed by atoms with Gasteiger partial charge in [-0.15, -0.1) is 11.8 Å². The van der Waals surface area contributed by atoms with Gasteiger partial charge in [-0.2, -0.15) is 0 Å². The molecule has 0 fully saturated rings. The number of thioether (sulfide) groups is 1. The van der Waals surface area contributed by atoms with Gasteiger partial charge in [0, 0.05) is 28.8 Å². The quantitative estimate of drug-likeness (QED) is 0.333. The van der Waals surface area contributed by atoms with E-state index in [1.54, 1.807) is 42.1 Å². The van der Waals surface area contributed by atoms with Crippen molar-refractivity contribution >= 4 is 29.7 Å². The minimum Gasteiger partial charge on any atom is -0.465 e. The van der Waals surface area contributed by atoms with E-state index in [2.05, 4.69) is 10.6 Å². The van der Waals surface area contributed by atoms with E-state index >= 15 is 0 Å². The van der Waals surface area contributed by atoms with Crippen LogP contribution in [0.15, 0.2) is 88.0 Å². The second-order valence-corrected chi connectivity index (χ2v) is 7.48. The van der Waals surface area contributed by atoms with Gasteiger partial charge >= 0.3 is 0 Å². The molecule has 0 unspecified atom stereocenters. The summed E-state index contributed by atoms with van der Waals surface area (Å²) < 4.78 is 5.29. The molecule has 0 aliphatic rings. The molecule has 2 aromatic carbocycles. The van der Waals surface area contributed by atoms with Crippen molar-refractivity contribution in [3.8, 4) is 0 Å². The summed E-state index contributed by atoms with van der Waals surface area (Å²) in [5, 5.41) is 5.55. The third-order valence-corrected chi connectivity index (χ3v) is 5.02. The predicted octanol–water partition coefficient (Wildman–Crippen LogP) is 4.27. The average molecular weight is 407 g/mol. The maximum absolute atomic E-state index is 12.7. The lowest BCUT2D eigenvalue weighted by molar-refractivity contribution is -0.117. The Morgan fingerprint density at radius 1 is 1.03 bits per heavy atom. The summed E-state index contributed by atoms with van der Waals surface area (Å²) in [4.78, 5) is 26.4. The summed E-state index contributed by atoms with van der Waals surface area (Å²) in [5.74, 6) is 0.491. The molecule has 0 bridgehead atoms. The molecule has 29 heavy (non-hydrogen) atoms. The molecule has 0 atom stereocenters. The van der Waals surface area contributed by atoms with Crippen molar-refractivity contribution in [2.24, 2.45) is 0 Å². The van der Waals surface area contributed by atoms with E-state index in [9.17, 15) is 9.59 Å². The number of furan rings is 1. The van der Waals surface area contributed by atoms with Gasteiger partial charge in [-0.05, 0) is 43.3 Å². The van der Waals surface area contributed by atoms with Gasteiger partial charge in [0.25, 0.3) is 11.8 Å². The predicted molar refractivity (Wildman–Crippen MR) is 116 cm³/mol. The molecule has 0 saturated heterocycles. The van der Waals surface area contributed by atoms with Crippen LogP contribution in [0.2, 0.25) is 0 Å². The maximum atomic E-state index is 12.7. The molecular formula is C23H22N2O3S. The number of carbonyl (C=O) groups excluding carboxylic acids is 2. The van der Waals surface area contributed by atoms with Gasteiger partial charge in [0.1, 0.15) is 11.5 Å². The fraction of sp³-hybridized carbons (Fsp3) is 0.130. The Bertz CT molecular complexity index is 982. The van der Waals surface area contributed by atoms with E-state index in [-0.39, 0.29) is 17.5 Å². The second kappa shape index (κ2) is 10.3. The van der Waals surface area contributed by atoms with E-state index in [4.69, 9.17) is 4.42 Å². The summed E-state index contributed by atoms with van der Waals surface area (Å²) in [7, 11) is 0. The Morgan fingerprint density at radius 3 is 2.59 bits per heavy atom. The molecule has 6 heteroatoms. The van der Waals surface area contributed by atoms with Crippen LogP contribution >= 0.6 is 11.8 Å². The summed E-state index contributed by atoms with van der Waals surface area (Å²) >= 11 is 1.65. The van der Waals surface area contributed by atoms with Crippen molar-refractivity contribution in [3.05, 3.63) is 95.6 Å². The van der Waals surface area contributed by atoms with Crippen molar-refractivity contribution < 1.29 is 14.0 Å². The molecule has 0 aliphatic heterocycles. The molecular weight excluding hydrogens is 384 g/mol. The van der Waals surface area contributed by atoms with Crippen molar-refractivity contribution in [3.63, 3.8) is 0 Å². The number of nitrogens with one attached hydrogen (secondary N) is 2. The third-order valence-electron chi connectivity index (χ3n) is 4.00. The van der Waals surface area contributed by atoms with Crippen LogP contribution in [0.25, 0.3) is 6.08 Å². The zero-order chi connectivity index (χ0) is 20.5. The normalized spacial score (nSPS) is 11.1. The molecule has 3 aromatic rings. The standard InChI is InChI=1S/C23H22N2O3S/c1-17-7-5-8-18(15-17)22(26)25-21(16-19-9-6-13-28-19)23(27)24-12-14-29-20-10-3-2-4-11-20/h2-11,13,15-16H,12,14H2,1H3,(H,24,27)(H,25,26)/b21-16-. The van der Waals surface area contributed by atoms with Gasteiger partial charge in [-0.1, -0.05) is 35.9 Å². The molecule has 1 heterocycles. The van der Waals surface area contributed by atoms with Crippen LogP contribution in [-0.4, -0.2) is 24.1 Å². The fourth-order valence-electron chi connectivity index (χ4n) is 2.60. The van der Waals surface area contributed by atoms with E-state index in [0.717, 1.165) is 16.2 Å². The fourth-order valence-corrected chi connectivity index (χ4v) is 3.39. The highest BCUT2D eigenvalue weighted by Crippen LogP contribution is 2.16. The highest BCUT2D eigenvalue weighted by molar-refractivity contribution is 7.99. The third kappa shape index (κ3) is 6.40. The van der Waals surface area contributed by atoms with Gasteiger partial charge in [0.2, 0.25) is 0 Å². The first-order valence-corrected chi connectivity index (χ1v) is 10.2. The first-order valence-electron chi connectivity index (χ1n) is 9.21. The van der Waals surface area contributed by atoms with Gasteiger partial charge in [0.15, 0.2) is 0 Å². The monoisotopic (exact) mass is 406 g/mol. The SMILES string of the molecule is Cc1cccc(C(=O)N/C(=C\c2ccco2)C(=O)NCCSc2ccccc2)c1. The van der Waals surface area contributed by atoms with E-state index in [1.165, 1.54) is 12.3 Å². The summed E-state index contributed by atoms with van der Waals surface area (Å²) in [5.41, 5.74) is 1.59. The van der Waals surface area contributed by atoms with Crippen molar-refractivity contribution in [1.82, 2.24) is 10.6 Å². The van der Waals surface area contributed by atoms with Gasteiger partial charge in [-0.3, -0.25) is 9.59 Å². The first-order chi connectivity index (χ1) is 14.1. The maximum Gasteiger partial charge on any atom is 0.267 e. The molecule has 0 saturated carbocycles. The van der Waals surface area contributed by atoms with E-state index in [1.807, 2.05) is 43.3 Å². The highest BCUT2D eigenvalue weighted by atomic mass is 32.2. The number of benzene rings is 2. The zero-order valence-corrected chi connectivity index (χ0v) is 16.9. The summed E-state index contributed by atoms with van der Waals surface area (Å²) in [6.07, 6.45) is 3.04. The first kappa shape index (κ1) is 20.5. The molecule has 0 spiro atoms. The van der Waals surface area contributed by atoms with Gasteiger partial charge in [0.05, 0.1) is 6.26 Å². The largest absolute Gasteiger partial charge is 0.465 e. The summed E-state index contributed by atoms with van der Waals surface area (Å²) in [6.45, 7) is 2.38. The minimum absolute atomic E-state index is 0.135. The van der Waals surface area contributed by atoms with Crippen LogP contribution in [0.3, 0.4) is 0 Å². The number of hydrogen-bond acceptors (Lipinski definition) is 4. The van der Waals surface area contributed by atoms with Crippen molar-refractivity contribution in [2.75, 3.05) is 12.3 Å². The Morgan fingerprint density at radius 2 is 1.86 bits per heavy atom. The number of carbonyl (C=O) groups is 2. The molecule has 0 aliphatic carbocycles. The Hall–Kier alpha value is -3.25. The molecule has 5 nitrogen and oxygen atoms in total. The molecule has 2 N–H and O–H groups in total.